The van der Waals surface area contributed by atoms with Gasteiger partial charge in [-0.25, -0.2) is 4.79 Å². The van der Waals surface area contributed by atoms with Gasteiger partial charge >= 0.3 is 81.6 Å². The van der Waals surface area contributed by atoms with Crippen LogP contribution in [0.1, 0.15) is 12.6 Å². The third-order valence-corrected chi connectivity index (χ3v) is 0. The largest absolute Gasteiger partial charge is 2.00 e. The van der Waals surface area contributed by atoms with Crippen LogP contribution in [0.25, 0.3) is 0 Å². The van der Waals surface area contributed by atoms with Crippen molar-refractivity contribution in [1.29, 1.82) is 0 Å². The maximum atomic E-state index is 9.00. The van der Waals surface area contributed by atoms with Crippen LogP contribution in [0.3, 0.4) is 0 Å². The molecule has 0 saturated heterocycles. The van der Waals surface area contributed by atoms with Crippen LogP contribution in [0.2, 0.25) is 0 Å². The Labute approximate surface area is 123 Å². The van der Waals surface area contributed by atoms with E-state index in [0.29, 0.717) is 0 Å². The summed E-state index contributed by atoms with van der Waals surface area (Å²) in [4.78, 5) is 17.6. The molecule has 0 aromatic rings. The summed E-state index contributed by atoms with van der Waals surface area (Å²) in [6.07, 6.45) is -1.83. The van der Waals surface area contributed by atoms with E-state index in [2.05, 4.69) is 0 Å². The third-order valence-electron chi connectivity index (χ3n) is 0. The van der Waals surface area contributed by atoms with Crippen molar-refractivity contribution in [3.63, 3.8) is 0 Å². The molecular weight excluding hydrogens is 196 g/mol. The molecular formula is C3H10Ca2O5. The molecule has 0 aliphatic carbocycles. The average molecular weight is 206 g/mol. The molecule has 0 bridgehead atoms. The summed E-state index contributed by atoms with van der Waals surface area (Å²) in [6.45, 7) is 1.08. The minimum atomic E-state index is -1.83. The minimum absolute atomic E-state index is 0. The van der Waals surface area contributed by atoms with Crippen LogP contribution in [-0.4, -0.2) is 103 Å². The maximum Gasteiger partial charge on any atom is 2.00 e. The first-order valence-corrected chi connectivity index (χ1v) is 1.58. The van der Waals surface area contributed by atoms with Gasteiger partial charge in [0.15, 0.2) is 0 Å². The van der Waals surface area contributed by atoms with E-state index in [1.807, 2.05) is 0 Å². The molecule has 56 valence electrons. The predicted molar refractivity (Wildman–Crippen MR) is 39.9 cm³/mol. The molecule has 0 radical (unpaired) electrons. The van der Waals surface area contributed by atoms with E-state index < -0.39 is 12.1 Å². The number of carboxylic acid groups (broad SMARTS) is 3. The number of rotatable bonds is 0. The Kier molecular flexibility index (Phi) is 37.5. The van der Waals surface area contributed by atoms with Crippen molar-refractivity contribution in [1.82, 2.24) is 0 Å². The topological polar surface area (TPSA) is 94.8 Å². The molecule has 3 N–H and O–H groups in total. The van der Waals surface area contributed by atoms with Crippen LogP contribution in [-0.2, 0) is 4.79 Å². The average Bonchev–Trinajstić information content (AvgIpc) is 1.25. The first-order chi connectivity index (χ1) is 3.46. The van der Waals surface area contributed by atoms with Gasteiger partial charge in [-0.1, -0.05) is 0 Å². The van der Waals surface area contributed by atoms with E-state index in [-0.39, 0.29) is 81.2 Å². The smallest absolute Gasteiger partial charge is 1.00 e. The molecule has 0 fully saturated rings. The maximum absolute atomic E-state index is 9.00. The number of aliphatic carboxylic acids is 1. The second-order valence-electron chi connectivity index (χ2n) is 0.802. The van der Waals surface area contributed by atoms with E-state index in [1.54, 1.807) is 0 Å². The molecule has 0 aromatic carbocycles. The van der Waals surface area contributed by atoms with Gasteiger partial charge in [0.25, 0.3) is 5.97 Å². The molecule has 0 spiro atoms. The molecule has 0 aliphatic heterocycles. The molecule has 0 aromatic heterocycles. The van der Waals surface area contributed by atoms with Crippen molar-refractivity contribution >= 4 is 87.6 Å². The zero-order valence-corrected chi connectivity index (χ0v) is 9.99. The molecule has 7 heteroatoms. The molecule has 0 atom stereocenters. The molecule has 0 saturated carbocycles. The minimum Gasteiger partial charge on any atom is -1.00 e. The van der Waals surface area contributed by atoms with Gasteiger partial charge in [0.2, 0.25) is 0 Å². The number of hydrogen-bond donors (Lipinski definition) is 3. The quantitative estimate of drug-likeness (QED) is 0.485. The third kappa shape index (κ3) is 398. The molecule has 5 nitrogen and oxygen atoms in total. The number of hydrogen-bond acceptors (Lipinski definition) is 2. The summed E-state index contributed by atoms with van der Waals surface area (Å²) in [7, 11) is 0. The van der Waals surface area contributed by atoms with Gasteiger partial charge in [-0.3, -0.25) is 4.79 Å². The van der Waals surface area contributed by atoms with Gasteiger partial charge in [0, 0.05) is 6.92 Å². The van der Waals surface area contributed by atoms with E-state index in [4.69, 9.17) is 24.9 Å². The Hall–Kier alpha value is 1.26. The Morgan fingerprint density at radius 1 is 1.10 bits per heavy atom. The first kappa shape index (κ1) is 22.5. The summed E-state index contributed by atoms with van der Waals surface area (Å²) in [5.41, 5.74) is 0. The fourth-order valence-electron chi connectivity index (χ4n) is 0. The Morgan fingerprint density at radius 2 is 1.10 bits per heavy atom. The second kappa shape index (κ2) is 16.7. The van der Waals surface area contributed by atoms with E-state index >= 15 is 0 Å². The van der Waals surface area contributed by atoms with Crippen molar-refractivity contribution in [2.24, 2.45) is 0 Å². The van der Waals surface area contributed by atoms with Gasteiger partial charge in [0.1, 0.15) is 0 Å². The zero-order valence-electron chi connectivity index (χ0n) is 9.57. The summed E-state index contributed by atoms with van der Waals surface area (Å²) in [5.74, 6) is -0.833. The van der Waals surface area contributed by atoms with Crippen molar-refractivity contribution in [2.75, 3.05) is 0 Å². The standard InChI is InChI=1S/C2H4O2.CH2O3.2Ca.4H/c1-2(3)4;2-1(3)4;;;;;;/h1H3,(H,3,4);(H2,2,3,4);;;;;;/q;;2*+2;4*-1. The Bertz CT molecular complexity index is 85.0. The first-order valence-electron chi connectivity index (χ1n) is 1.58. The fraction of sp³-hybridized carbons (Fsp3) is 0.333. The molecule has 0 unspecified atom stereocenters. The van der Waals surface area contributed by atoms with Gasteiger partial charge in [-0.05, 0) is 0 Å². The van der Waals surface area contributed by atoms with Crippen LogP contribution in [0, 0.1) is 0 Å². The second-order valence-corrected chi connectivity index (χ2v) is 0.802. The van der Waals surface area contributed by atoms with Gasteiger partial charge in [0.05, 0.1) is 0 Å². The van der Waals surface area contributed by atoms with Crippen molar-refractivity contribution in [3.05, 3.63) is 0 Å². The van der Waals surface area contributed by atoms with Crippen LogP contribution >= 0.6 is 0 Å². The molecule has 10 heavy (non-hydrogen) atoms. The number of carboxylic acids is 1. The van der Waals surface area contributed by atoms with Crippen LogP contribution in [0.4, 0.5) is 4.79 Å². The summed E-state index contributed by atoms with van der Waals surface area (Å²) in [6, 6.07) is 0. The van der Waals surface area contributed by atoms with Crippen LogP contribution < -0.4 is 0 Å². The predicted octanol–water partition coefficient (Wildman–Crippen LogP) is 0.00170. The van der Waals surface area contributed by atoms with Gasteiger partial charge in [-0.2, -0.15) is 0 Å². The van der Waals surface area contributed by atoms with Crippen LogP contribution in [0.15, 0.2) is 0 Å². The van der Waals surface area contributed by atoms with E-state index in [1.165, 1.54) is 0 Å². The van der Waals surface area contributed by atoms with E-state index in [0.717, 1.165) is 6.92 Å². The Morgan fingerprint density at radius 3 is 1.10 bits per heavy atom. The van der Waals surface area contributed by atoms with Crippen molar-refractivity contribution < 1.29 is 30.6 Å². The summed E-state index contributed by atoms with van der Waals surface area (Å²) < 4.78 is 0. The summed E-state index contributed by atoms with van der Waals surface area (Å²) in [5, 5.41) is 21.4. The van der Waals surface area contributed by atoms with Gasteiger partial charge < -0.3 is 21.0 Å². The molecule has 0 aliphatic rings. The molecule has 0 heterocycles. The monoisotopic (exact) mass is 206 g/mol. The van der Waals surface area contributed by atoms with Crippen molar-refractivity contribution in [3.8, 4) is 0 Å². The fourth-order valence-corrected chi connectivity index (χ4v) is 0. The van der Waals surface area contributed by atoms with Crippen LogP contribution in [0.5, 0.6) is 0 Å². The Balaban J connectivity index is -0.00000000600. The number of carbonyl (C=O) groups is 2. The SMILES string of the molecule is CC(=O)O.O=C(O)O.[Ca+2].[Ca+2].[H-].[H-].[H-].[H-]. The van der Waals surface area contributed by atoms with E-state index in [9.17, 15) is 0 Å². The van der Waals surface area contributed by atoms with Gasteiger partial charge in [-0.15, -0.1) is 0 Å². The summed E-state index contributed by atoms with van der Waals surface area (Å²) >= 11 is 0. The molecule has 0 rings (SSSR count). The zero-order chi connectivity index (χ0) is 7.15. The van der Waals surface area contributed by atoms with Crippen molar-refractivity contribution in [2.45, 2.75) is 6.92 Å². The normalized spacial score (nSPS) is 4.90. The molecule has 0 amide bonds.